The molecular weight excluding hydrogens is 206 g/mol. The van der Waals surface area contributed by atoms with Gasteiger partial charge in [-0.2, -0.15) is 0 Å². The van der Waals surface area contributed by atoms with E-state index < -0.39 is 11.7 Å². The number of nitrogens with two attached hydrogens (primary N) is 1. The highest BCUT2D eigenvalue weighted by atomic mass is 16.6. The Bertz CT molecular complexity index is 149. The number of hydrogen-bond acceptors (Lipinski definition) is 3. The Morgan fingerprint density at radius 1 is 1.00 bits per heavy atom. The van der Waals surface area contributed by atoms with Crippen LogP contribution in [0.2, 0.25) is 0 Å². The van der Waals surface area contributed by atoms with Crippen LogP contribution in [0.25, 0.3) is 0 Å². The van der Waals surface area contributed by atoms with Crippen molar-refractivity contribution in [1.29, 1.82) is 0 Å². The average Bonchev–Trinajstić information content (AvgIpc) is 2.20. The number of ether oxygens (including phenoxy) is 1. The molecule has 0 aromatic heterocycles. The van der Waals surface area contributed by atoms with Gasteiger partial charge >= 0.3 is 6.09 Å². The van der Waals surface area contributed by atoms with Crippen molar-refractivity contribution in [3.63, 3.8) is 0 Å². The van der Waals surface area contributed by atoms with Gasteiger partial charge < -0.3 is 15.6 Å². The minimum absolute atomic E-state index is 0.453. The first-order chi connectivity index (χ1) is 7.42. The van der Waals surface area contributed by atoms with Gasteiger partial charge in [0.2, 0.25) is 0 Å². The molecule has 1 fully saturated rings. The van der Waals surface area contributed by atoms with Gasteiger partial charge in [-0.05, 0) is 20.8 Å². The van der Waals surface area contributed by atoms with Gasteiger partial charge in [-0.3, -0.25) is 0 Å². The quantitative estimate of drug-likeness (QED) is 0.675. The maximum absolute atomic E-state index is 10.0. The first kappa shape index (κ1) is 17.6. The highest BCUT2D eigenvalue weighted by molar-refractivity contribution is 5.65. The molecule has 0 spiro atoms. The topological polar surface area (TPSA) is 72.5 Å². The van der Waals surface area contributed by atoms with E-state index in [4.69, 9.17) is 10.8 Å². The average molecular weight is 233 g/mol. The van der Waals surface area contributed by atoms with Crippen molar-refractivity contribution in [2.45, 2.75) is 64.9 Å². The van der Waals surface area contributed by atoms with Crippen LogP contribution < -0.4 is 5.73 Å². The van der Waals surface area contributed by atoms with Gasteiger partial charge in [-0.15, -0.1) is 0 Å². The largest absolute Gasteiger partial charge is 0.444 e. The summed E-state index contributed by atoms with van der Waals surface area (Å²) >= 11 is 0. The number of rotatable bonds is 0. The number of carbonyl (C=O) groups excluding carboxylic acids is 1. The van der Waals surface area contributed by atoms with E-state index in [9.17, 15) is 4.79 Å². The highest BCUT2D eigenvalue weighted by Crippen LogP contribution is 2.15. The van der Waals surface area contributed by atoms with Gasteiger partial charge in [-0.1, -0.05) is 38.5 Å². The summed E-state index contributed by atoms with van der Waals surface area (Å²) in [5.41, 5.74) is 4.26. The number of aliphatic hydroxyl groups excluding tert-OH is 1. The second kappa shape index (κ2) is 10.7. The molecule has 1 aliphatic rings. The second-order valence-electron chi connectivity index (χ2n) is 4.65. The van der Waals surface area contributed by atoms with E-state index in [-0.39, 0.29) is 0 Å². The molecule has 0 saturated heterocycles. The van der Waals surface area contributed by atoms with Crippen LogP contribution >= 0.6 is 0 Å². The van der Waals surface area contributed by atoms with Gasteiger partial charge in [0.25, 0.3) is 0 Å². The van der Waals surface area contributed by atoms with Crippen LogP contribution in [-0.2, 0) is 4.74 Å². The summed E-state index contributed by atoms with van der Waals surface area (Å²) < 4.78 is 4.58. The molecule has 3 N–H and O–H groups in total. The highest BCUT2D eigenvalue weighted by Gasteiger charge is 2.12. The molecule has 0 unspecified atom stereocenters. The number of aliphatic hydroxyl groups is 1. The molecule has 1 aliphatic carbocycles. The summed E-state index contributed by atoms with van der Waals surface area (Å²) in [6.45, 7) is 5.28. The van der Waals surface area contributed by atoms with E-state index in [1.165, 1.54) is 38.5 Å². The minimum atomic E-state index is -0.725. The van der Waals surface area contributed by atoms with E-state index in [1.807, 2.05) is 0 Å². The van der Waals surface area contributed by atoms with Gasteiger partial charge in [0.05, 0.1) is 0 Å². The van der Waals surface area contributed by atoms with Crippen molar-refractivity contribution in [2.75, 3.05) is 7.11 Å². The van der Waals surface area contributed by atoms with Crippen molar-refractivity contribution in [1.82, 2.24) is 0 Å². The van der Waals surface area contributed by atoms with Crippen molar-refractivity contribution >= 4 is 6.09 Å². The molecule has 0 atom stereocenters. The fraction of sp³-hybridized carbons (Fsp3) is 0.917. The van der Waals surface area contributed by atoms with Crippen LogP contribution in [0, 0.1) is 0 Å². The van der Waals surface area contributed by atoms with Crippen LogP contribution in [-0.4, -0.2) is 23.9 Å². The molecule has 1 rings (SSSR count). The third-order valence-electron chi connectivity index (χ3n) is 1.91. The normalized spacial score (nSPS) is 14.8. The number of primary amides is 1. The zero-order valence-electron chi connectivity index (χ0n) is 11.1. The van der Waals surface area contributed by atoms with E-state index in [2.05, 4.69) is 4.74 Å². The molecular formula is C12H27NO3. The van der Waals surface area contributed by atoms with Gasteiger partial charge in [0.15, 0.2) is 0 Å². The summed E-state index contributed by atoms with van der Waals surface area (Å²) in [4.78, 5) is 10.0. The van der Waals surface area contributed by atoms with Gasteiger partial charge in [0, 0.05) is 7.11 Å². The van der Waals surface area contributed by atoms with Crippen molar-refractivity contribution in [3.8, 4) is 0 Å². The lowest BCUT2D eigenvalue weighted by Crippen LogP contribution is -2.27. The smallest absolute Gasteiger partial charge is 0.405 e. The lowest BCUT2D eigenvalue weighted by molar-refractivity contribution is 0.0600. The maximum Gasteiger partial charge on any atom is 0.405 e. The monoisotopic (exact) mass is 233 g/mol. The van der Waals surface area contributed by atoms with Crippen molar-refractivity contribution in [2.24, 2.45) is 5.73 Å². The zero-order chi connectivity index (χ0) is 13.0. The molecule has 16 heavy (non-hydrogen) atoms. The Labute approximate surface area is 99.2 Å². The molecule has 0 aliphatic heterocycles. The van der Waals surface area contributed by atoms with Gasteiger partial charge in [0.1, 0.15) is 5.60 Å². The first-order valence-electron chi connectivity index (χ1n) is 5.85. The SMILES string of the molecule is C1CCCCC1.CC(C)(C)OC(N)=O.CO. The van der Waals surface area contributed by atoms with Crippen molar-refractivity contribution < 1.29 is 14.6 Å². The lowest BCUT2D eigenvalue weighted by Gasteiger charge is -2.16. The maximum atomic E-state index is 10.0. The number of carbonyl (C=O) groups is 1. The molecule has 4 nitrogen and oxygen atoms in total. The Morgan fingerprint density at radius 2 is 1.25 bits per heavy atom. The molecule has 0 radical (unpaired) electrons. The summed E-state index contributed by atoms with van der Waals surface area (Å²) in [5.74, 6) is 0. The Morgan fingerprint density at radius 3 is 1.31 bits per heavy atom. The molecule has 1 saturated carbocycles. The summed E-state index contributed by atoms with van der Waals surface area (Å²) in [5, 5.41) is 7.00. The number of amides is 1. The van der Waals surface area contributed by atoms with Crippen LogP contribution in [0.4, 0.5) is 4.79 Å². The summed E-state index contributed by atoms with van der Waals surface area (Å²) in [7, 11) is 1.00. The Hall–Kier alpha value is -0.770. The van der Waals surface area contributed by atoms with E-state index in [0.717, 1.165) is 7.11 Å². The van der Waals surface area contributed by atoms with Crippen LogP contribution in [0.3, 0.4) is 0 Å². The van der Waals surface area contributed by atoms with E-state index in [1.54, 1.807) is 20.8 Å². The van der Waals surface area contributed by atoms with Crippen LogP contribution in [0.15, 0.2) is 0 Å². The molecule has 4 heteroatoms. The van der Waals surface area contributed by atoms with Crippen LogP contribution in [0.5, 0.6) is 0 Å². The molecule has 98 valence electrons. The second-order valence-corrected chi connectivity index (χ2v) is 4.65. The van der Waals surface area contributed by atoms with Crippen molar-refractivity contribution in [3.05, 3.63) is 0 Å². The minimum Gasteiger partial charge on any atom is -0.444 e. The Balaban J connectivity index is 0. The summed E-state index contributed by atoms with van der Waals surface area (Å²) in [6.07, 6.45) is 8.28. The van der Waals surface area contributed by atoms with Crippen LogP contribution in [0.1, 0.15) is 59.3 Å². The first-order valence-corrected chi connectivity index (χ1v) is 5.85. The predicted molar refractivity (Wildman–Crippen MR) is 66.3 cm³/mol. The van der Waals surface area contributed by atoms with Gasteiger partial charge in [-0.25, -0.2) is 4.79 Å². The molecule has 1 amide bonds. The molecule has 0 bridgehead atoms. The standard InChI is InChI=1S/C6H12.C5H11NO2.CH4O/c1-2-4-6-5-3-1;1-5(2,3)8-4(6)7;1-2/h1-6H2;1-3H3,(H2,6,7);2H,1H3. The molecule has 0 aromatic rings. The van der Waals surface area contributed by atoms with E-state index in [0.29, 0.717) is 0 Å². The molecule has 0 heterocycles. The lowest BCUT2D eigenvalue weighted by atomic mass is 10.0. The Kier molecular flexibility index (Phi) is 11.8. The fourth-order valence-corrected chi connectivity index (χ4v) is 1.36. The zero-order valence-corrected chi connectivity index (χ0v) is 11.1. The summed E-state index contributed by atoms with van der Waals surface area (Å²) in [6, 6.07) is 0. The van der Waals surface area contributed by atoms with E-state index >= 15 is 0 Å². The third-order valence-corrected chi connectivity index (χ3v) is 1.91. The number of hydrogen-bond donors (Lipinski definition) is 2. The predicted octanol–water partition coefficient (Wildman–Crippen LogP) is 2.83. The molecule has 0 aromatic carbocycles. The third kappa shape index (κ3) is 18.9. The fourth-order valence-electron chi connectivity index (χ4n) is 1.36.